The van der Waals surface area contributed by atoms with Crippen molar-refractivity contribution in [3.05, 3.63) is 48.5 Å². The fraction of sp³-hybridized carbons (Fsp3) is 0.278. The summed E-state index contributed by atoms with van der Waals surface area (Å²) in [4.78, 5) is 14.5. The molecule has 1 fully saturated rings. The Morgan fingerprint density at radius 3 is 2.54 bits per heavy atom. The Hall–Kier alpha value is -2.73. The predicted molar refractivity (Wildman–Crippen MR) is 95.1 cm³/mol. The minimum absolute atomic E-state index is 0.307. The van der Waals surface area contributed by atoms with Crippen LogP contribution in [0.5, 0.6) is 5.75 Å². The van der Waals surface area contributed by atoms with E-state index in [1.54, 1.807) is 7.11 Å². The molecule has 2 N–H and O–H groups in total. The molecule has 126 valence electrons. The molecule has 1 aliphatic rings. The SMILES string of the molecule is COc1ccc(N2CCOCC2)cc1NC(=O)Nc1ccccc1. The number of para-hydroxylation sites is 1. The average molecular weight is 327 g/mol. The number of nitrogens with one attached hydrogen (secondary N) is 2. The summed E-state index contributed by atoms with van der Waals surface area (Å²) >= 11 is 0. The zero-order chi connectivity index (χ0) is 16.8. The van der Waals surface area contributed by atoms with Crippen molar-refractivity contribution in [3.8, 4) is 5.75 Å². The maximum absolute atomic E-state index is 12.2. The van der Waals surface area contributed by atoms with Crippen LogP contribution in [0.15, 0.2) is 48.5 Å². The fourth-order valence-electron chi connectivity index (χ4n) is 2.62. The van der Waals surface area contributed by atoms with E-state index >= 15 is 0 Å². The van der Waals surface area contributed by atoms with Crippen LogP contribution < -0.4 is 20.3 Å². The lowest BCUT2D eigenvalue weighted by Gasteiger charge is -2.29. The van der Waals surface area contributed by atoms with Crippen LogP contribution in [-0.4, -0.2) is 39.4 Å². The van der Waals surface area contributed by atoms with E-state index < -0.39 is 0 Å². The maximum Gasteiger partial charge on any atom is 0.323 e. The molecule has 0 spiro atoms. The van der Waals surface area contributed by atoms with Crippen molar-refractivity contribution >= 4 is 23.1 Å². The van der Waals surface area contributed by atoms with Gasteiger partial charge in [-0.2, -0.15) is 0 Å². The molecule has 0 aliphatic carbocycles. The van der Waals surface area contributed by atoms with E-state index in [1.807, 2.05) is 48.5 Å². The lowest BCUT2D eigenvalue weighted by molar-refractivity contribution is 0.122. The van der Waals surface area contributed by atoms with Crippen molar-refractivity contribution in [2.24, 2.45) is 0 Å². The standard InChI is InChI=1S/C18H21N3O3/c1-23-17-8-7-15(21-9-11-24-12-10-21)13-16(17)20-18(22)19-14-5-3-2-4-6-14/h2-8,13H,9-12H2,1H3,(H2,19,20,22). The number of ether oxygens (including phenoxy) is 2. The van der Waals surface area contributed by atoms with Crippen LogP contribution in [0.4, 0.5) is 21.9 Å². The van der Waals surface area contributed by atoms with E-state index in [0.29, 0.717) is 24.7 Å². The molecule has 1 aliphatic heterocycles. The van der Waals surface area contributed by atoms with Gasteiger partial charge in [0.25, 0.3) is 0 Å². The molecule has 6 nitrogen and oxygen atoms in total. The Bertz CT molecular complexity index is 685. The van der Waals surface area contributed by atoms with Gasteiger partial charge in [-0.3, -0.25) is 0 Å². The van der Waals surface area contributed by atoms with Gasteiger partial charge < -0.3 is 25.0 Å². The number of morpholine rings is 1. The Balaban J connectivity index is 1.74. The zero-order valence-corrected chi connectivity index (χ0v) is 13.6. The second kappa shape index (κ2) is 7.70. The third kappa shape index (κ3) is 3.97. The predicted octanol–water partition coefficient (Wildman–Crippen LogP) is 3.18. The summed E-state index contributed by atoms with van der Waals surface area (Å²) in [5.41, 5.74) is 2.40. The Morgan fingerprint density at radius 2 is 1.83 bits per heavy atom. The smallest absolute Gasteiger partial charge is 0.323 e. The average Bonchev–Trinajstić information content (AvgIpc) is 2.63. The van der Waals surface area contributed by atoms with Gasteiger partial charge in [0, 0.05) is 24.5 Å². The number of methoxy groups -OCH3 is 1. The van der Waals surface area contributed by atoms with Crippen molar-refractivity contribution in [1.29, 1.82) is 0 Å². The maximum atomic E-state index is 12.2. The normalized spacial score (nSPS) is 14.1. The molecule has 0 saturated carbocycles. The summed E-state index contributed by atoms with van der Waals surface area (Å²) in [6.45, 7) is 3.09. The van der Waals surface area contributed by atoms with E-state index in [2.05, 4.69) is 15.5 Å². The number of amides is 2. The summed E-state index contributed by atoms with van der Waals surface area (Å²) < 4.78 is 10.7. The topological polar surface area (TPSA) is 62.8 Å². The van der Waals surface area contributed by atoms with Gasteiger partial charge in [-0.05, 0) is 30.3 Å². The van der Waals surface area contributed by atoms with E-state index in [9.17, 15) is 4.79 Å². The molecule has 0 unspecified atom stereocenters. The van der Waals surface area contributed by atoms with Crippen molar-refractivity contribution < 1.29 is 14.3 Å². The van der Waals surface area contributed by atoms with Gasteiger partial charge in [0.15, 0.2) is 0 Å². The lowest BCUT2D eigenvalue weighted by Crippen LogP contribution is -2.36. The van der Waals surface area contributed by atoms with Crippen LogP contribution in [0, 0.1) is 0 Å². The molecule has 6 heteroatoms. The number of carbonyl (C=O) groups is 1. The van der Waals surface area contributed by atoms with Crippen LogP contribution >= 0.6 is 0 Å². The lowest BCUT2D eigenvalue weighted by atomic mass is 10.2. The van der Waals surface area contributed by atoms with Crippen molar-refractivity contribution in [1.82, 2.24) is 0 Å². The molecule has 24 heavy (non-hydrogen) atoms. The van der Waals surface area contributed by atoms with Crippen molar-refractivity contribution in [3.63, 3.8) is 0 Å². The first-order valence-corrected chi connectivity index (χ1v) is 7.90. The number of nitrogens with zero attached hydrogens (tertiary/aromatic N) is 1. The molecule has 1 heterocycles. The quantitative estimate of drug-likeness (QED) is 0.905. The molecular formula is C18H21N3O3. The molecule has 3 rings (SSSR count). The van der Waals surface area contributed by atoms with Crippen molar-refractivity contribution in [2.75, 3.05) is 48.9 Å². The van der Waals surface area contributed by atoms with Gasteiger partial charge in [-0.25, -0.2) is 4.79 Å². The first-order chi connectivity index (χ1) is 11.8. The van der Waals surface area contributed by atoms with E-state index in [-0.39, 0.29) is 6.03 Å². The Labute approximate surface area is 141 Å². The van der Waals surface area contributed by atoms with Gasteiger partial charge >= 0.3 is 6.03 Å². The van der Waals surface area contributed by atoms with Crippen LogP contribution in [0.2, 0.25) is 0 Å². The summed E-state index contributed by atoms with van der Waals surface area (Å²) in [5, 5.41) is 5.66. The third-order valence-corrected chi connectivity index (χ3v) is 3.84. The minimum atomic E-state index is -0.307. The second-order valence-electron chi connectivity index (χ2n) is 5.43. The molecule has 0 radical (unpaired) electrons. The molecule has 0 aromatic heterocycles. The van der Waals surface area contributed by atoms with Crippen LogP contribution in [0.25, 0.3) is 0 Å². The number of benzene rings is 2. The number of anilines is 3. The highest BCUT2D eigenvalue weighted by molar-refractivity contribution is 6.01. The van der Waals surface area contributed by atoms with Crippen LogP contribution in [0.1, 0.15) is 0 Å². The minimum Gasteiger partial charge on any atom is -0.495 e. The highest BCUT2D eigenvalue weighted by Gasteiger charge is 2.14. The molecule has 0 bridgehead atoms. The highest BCUT2D eigenvalue weighted by atomic mass is 16.5. The molecule has 2 aromatic rings. The fourth-order valence-corrected chi connectivity index (χ4v) is 2.62. The van der Waals surface area contributed by atoms with E-state index in [0.717, 1.165) is 24.5 Å². The monoisotopic (exact) mass is 327 g/mol. The van der Waals surface area contributed by atoms with E-state index in [1.165, 1.54) is 0 Å². The number of rotatable bonds is 4. The van der Waals surface area contributed by atoms with Gasteiger partial charge in [0.1, 0.15) is 5.75 Å². The first kappa shape index (κ1) is 16.1. The van der Waals surface area contributed by atoms with E-state index in [4.69, 9.17) is 9.47 Å². The van der Waals surface area contributed by atoms with Crippen LogP contribution in [0.3, 0.4) is 0 Å². The summed E-state index contributed by atoms with van der Waals surface area (Å²) in [5.74, 6) is 0.621. The summed E-state index contributed by atoms with van der Waals surface area (Å²) in [6.07, 6.45) is 0. The molecule has 0 atom stereocenters. The van der Waals surface area contributed by atoms with Crippen LogP contribution in [-0.2, 0) is 4.74 Å². The second-order valence-corrected chi connectivity index (χ2v) is 5.43. The molecular weight excluding hydrogens is 306 g/mol. The number of urea groups is 1. The first-order valence-electron chi connectivity index (χ1n) is 7.90. The summed E-state index contributed by atoms with van der Waals surface area (Å²) in [6, 6.07) is 14.8. The van der Waals surface area contributed by atoms with Crippen molar-refractivity contribution in [2.45, 2.75) is 0 Å². The number of hydrogen-bond acceptors (Lipinski definition) is 4. The largest absolute Gasteiger partial charge is 0.495 e. The number of carbonyl (C=O) groups excluding carboxylic acids is 1. The van der Waals surface area contributed by atoms with Gasteiger partial charge in [-0.1, -0.05) is 18.2 Å². The van der Waals surface area contributed by atoms with Gasteiger partial charge in [0.2, 0.25) is 0 Å². The molecule has 2 aromatic carbocycles. The van der Waals surface area contributed by atoms with Gasteiger partial charge in [-0.15, -0.1) is 0 Å². The summed E-state index contributed by atoms with van der Waals surface area (Å²) in [7, 11) is 1.59. The highest BCUT2D eigenvalue weighted by Crippen LogP contribution is 2.30. The molecule has 1 saturated heterocycles. The number of hydrogen-bond donors (Lipinski definition) is 2. The Morgan fingerprint density at radius 1 is 1.08 bits per heavy atom. The Kier molecular flexibility index (Phi) is 5.18. The molecule has 2 amide bonds. The van der Waals surface area contributed by atoms with Gasteiger partial charge in [0.05, 0.1) is 26.0 Å². The zero-order valence-electron chi connectivity index (χ0n) is 13.6. The third-order valence-electron chi connectivity index (χ3n) is 3.84.